The molecule has 1 aliphatic rings. The summed E-state index contributed by atoms with van der Waals surface area (Å²) in [5.41, 5.74) is 1.66. The monoisotopic (exact) mass is 368 g/mol. The van der Waals surface area contributed by atoms with Gasteiger partial charge < -0.3 is 9.88 Å². The van der Waals surface area contributed by atoms with Crippen LogP contribution in [-0.2, 0) is 11.2 Å². The molecule has 0 aliphatic carbocycles. The molecule has 2 aromatic heterocycles. The number of nitrogens with one attached hydrogen (secondary N) is 1. The maximum Gasteiger partial charge on any atom is 0.270 e. The SMILES string of the molecule is O=C(CCc1nc2ccccc2[nH]c1=O)N1CCCC[C@H]1c1nccs1. The standard InChI is InChI=1S/C19H20N4O2S/c24-17(23-11-4-3-7-16(23)19-20-10-12-26-19)9-8-15-18(25)22-14-6-2-1-5-13(14)21-15/h1-2,5-6,10,12,16H,3-4,7-9,11H2,(H,22,25)/t16-/m0/s1. The first-order valence-electron chi connectivity index (χ1n) is 8.89. The van der Waals surface area contributed by atoms with Crippen molar-refractivity contribution in [1.29, 1.82) is 0 Å². The number of aryl methyl sites for hydroxylation is 1. The van der Waals surface area contributed by atoms with Crippen LogP contribution < -0.4 is 5.56 Å². The number of hydrogen-bond acceptors (Lipinski definition) is 5. The second-order valence-electron chi connectivity index (χ2n) is 6.50. The number of carbonyl (C=O) groups is 1. The van der Waals surface area contributed by atoms with Crippen molar-refractivity contribution in [2.24, 2.45) is 0 Å². The van der Waals surface area contributed by atoms with Crippen LogP contribution in [0.25, 0.3) is 11.0 Å². The van der Waals surface area contributed by atoms with Crippen LogP contribution in [0.5, 0.6) is 0 Å². The molecule has 7 heteroatoms. The van der Waals surface area contributed by atoms with Crippen molar-refractivity contribution in [3.8, 4) is 0 Å². The minimum Gasteiger partial charge on any atom is -0.333 e. The summed E-state index contributed by atoms with van der Waals surface area (Å²) in [6.45, 7) is 0.755. The van der Waals surface area contributed by atoms with E-state index < -0.39 is 0 Å². The second-order valence-corrected chi connectivity index (χ2v) is 7.42. The normalized spacial score (nSPS) is 17.5. The van der Waals surface area contributed by atoms with Crippen molar-refractivity contribution < 1.29 is 4.79 Å². The van der Waals surface area contributed by atoms with Gasteiger partial charge in [-0.3, -0.25) is 9.59 Å². The van der Waals surface area contributed by atoms with E-state index >= 15 is 0 Å². The third-order valence-corrected chi connectivity index (χ3v) is 5.68. The minimum atomic E-state index is -0.216. The number of rotatable bonds is 4. The molecule has 1 atom stereocenters. The van der Waals surface area contributed by atoms with Crippen LogP contribution in [0.2, 0.25) is 0 Å². The number of para-hydroxylation sites is 2. The van der Waals surface area contributed by atoms with E-state index in [0.717, 1.165) is 36.3 Å². The highest BCUT2D eigenvalue weighted by molar-refractivity contribution is 7.09. The number of H-pyrrole nitrogens is 1. The number of likely N-dealkylation sites (tertiary alicyclic amines) is 1. The minimum absolute atomic E-state index is 0.0686. The smallest absolute Gasteiger partial charge is 0.270 e. The first kappa shape index (κ1) is 16.9. The lowest BCUT2D eigenvalue weighted by Gasteiger charge is -2.34. The summed E-state index contributed by atoms with van der Waals surface area (Å²) in [4.78, 5) is 38.6. The predicted octanol–water partition coefficient (Wildman–Crippen LogP) is 3.07. The fraction of sp³-hybridized carbons (Fsp3) is 0.368. The van der Waals surface area contributed by atoms with E-state index in [1.54, 1.807) is 17.5 Å². The molecule has 1 N–H and O–H groups in total. The van der Waals surface area contributed by atoms with E-state index in [9.17, 15) is 9.59 Å². The molecule has 0 saturated carbocycles. The number of thiazole rings is 1. The number of piperidine rings is 1. The zero-order chi connectivity index (χ0) is 17.9. The van der Waals surface area contributed by atoms with Crippen LogP contribution in [0.4, 0.5) is 0 Å². The van der Waals surface area contributed by atoms with Crippen LogP contribution in [-0.4, -0.2) is 32.3 Å². The van der Waals surface area contributed by atoms with Crippen LogP contribution in [0.1, 0.15) is 42.4 Å². The first-order valence-corrected chi connectivity index (χ1v) is 9.77. The van der Waals surface area contributed by atoms with Gasteiger partial charge in [-0.1, -0.05) is 12.1 Å². The Labute approximate surface area is 154 Å². The van der Waals surface area contributed by atoms with Crippen LogP contribution >= 0.6 is 11.3 Å². The Bertz CT molecular complexity index is 967. The molecule has 0 radical (unpaired) electrons. The number of hydrogen-bond donors (Lipinski definition) is 1. The van der Waals surface area contributed by atoms with E-state index in [1.807, 2.05) is 34.5 Å². The van der Waals surface area contributed by atoms with Crippen molar-refractivity contribution in [3.05, 3.63) is 56.9 Å². The molecule has 1 amide bonds. The average Bonchev–Trinajstić information content (AvgIpc) is 3.20. The summed E-state index contributed by atoms with van der Waals surface area (Å²) in [6, 6.07) is 7.50. The van der Waals surface area contributed by atoms with Crippen molar-refractivity contribution >= 4 is 28.3 Å². The molecule has 0 spiro atoms. The Hall–Kier alpha value is -2.54. The average molecular weight is 368 g/mol. The third-order valence-electron chi connectivity index (χ3n) is 4.81. The molecule has 1 fully saturated rings. The highest BCUT2D eigenvalue weighted by Gasteiger charge is 2.29. The molecular formula is C19H20N4O2S. The van der Waals surface area contributed by atoms with Gasteiger partial charge in [-0.15, -0.1) is 11.3 Å². The number of carbonyl (C=O) groups excluding carboxylic acids is 1. The van der Waals surface area contributed by atoms with Crippen molar-refractivity contribution in [3.63, 3.8) is 0 Å². The number of fused-ring (bicyclic) bond motifs is 1. The summed E-state index contributed by atoms with van der Waals surface area (Å²) in [5.74, 6) is 0.0688. The Morgan fingerprint density at radius 3 is 3.04 bits per heavy atom. The Balaban J connectivity index is 1.49. The zero-order valence-corrected chi connectivity index (χ0v) is 15.2. The Morgan fingerprint density at radius 2 is 2.19 bits per heavy atom. The fourth-order valence-corrected chi connectivity index (χ4v) is 4.28. The first-order chi connectivity index (χ1) is 12.7. The highest BCUT2D eigenvalue weighted by Crippen LogP contribution is 2.32. The topological polar surface area (TPSA) is 79.0 Å². The molecule has 26 heavy (non-hydrogen) atoms. The maximum atomic E-state index is 12.8. The van der Waals surface area contributed by atoms with Crippen LogP contribution in [0, 0.1) is 0 Å². The number of benzene rings is 1. The Kier molecular flexibility index (Phi) is 4.79. The molecule has 1 aromatic carbocycles. The number of nitrogens with zero attached hydrogens (tertiary/aromatic N) is 3. The van der Waals surface area contributed by atoms with Crippen molar-refractivity contribution in [2.45, 2.75) is 38.1 Å². The van der Waals surface area contributed by atoms with Crippen LogP contribution in [0.15, 0.2) is 40.6 Å². The Morgan fingerprint density at radius 1 is 1.31 bits per heavy atom. The quantitative estimate of drug-likeness (QED) is 0.768. The van der Waals surface area contributed by atoms with Gasteiger partial charge in [-0.25, -0.2) is 9.97 Å². The van der Waals surface area contributed by atoms with Gasteiger partial charge in [0.25, 0.3) is 5.56 Å². The lowest BCUT2D eigenvalue weighted by Crippen LogP contribution is -2.38. The van der Waals surface area contributed by atoms with E-state index in [2.05, 4.69) is 15.0 Å². The highest BCUT2D eigenvalue weighted by atomic mass is 32.1. The molecular weight excluding hydrogens is 348 g/mol. The largest absolute Gasteiger partial charge is 0.333 e. The molecule has 6 nitrogen and oxygen atoms in total. The number of amides is 1. The molecule has 134 valence electrons. The summed E-state index contributed by atoms with van der Waals surface area (Å²) < 4.78 is 0. The van der Waals surface area contributed by atoms with Crippen molar-refractivity contribution in [1.82, 2.24) is 19.9 Å². The van der Waals surface area contributed by atoms with Crippen molar-refractivity contribution in [2.75, 3.05) is 6.54 Å². The van der Waals surface area contributed by atoms with E-state index in [0.29, 0.717) is 17.6 Å². The van der Waals surface area contributed by atoms with Gasteiger partial charge in [-0.2, -0.15) is 0 Å². The van der Waals surface area contributed by atoms with Gasteiger partial charge in [-0.05, 0) is 31.4 Å². The van der Waals surface area contributed by atoms with Gasteiger partial charge in [0.1, 0.15) is 10.7 Å². The van der Waals surface area contributed by atoms with Gasteiger partial charge in [0.05, 0.1) is 17.1 Å². The predicted molar refractivity (Wildman–Crippen MR) is 101 cm³/mol. The van der Waals surface area contributed by atoms with Gasteiger partial charge in [0.15, 0.2) is 0 Å². The summed E-state index contributed by atoms with van der Waals surface area (Å²) >= 11 is 1.60. The van der Waals surface area contributed by atoms with Gasteiger partial charge in [0.2, 0.25) is 5.91 Å². The molecule has 0 unspecified atom stereocenters. The fourth-order valence-electron chi connectivity index (χ4n) is 3.49. The molecule has 3 heterocycles. The van der Waals surface area contributed by atoms with E-state index in [4.69, 9.17) is 0 Å². The van der Waals surface area contributed by atoms with Gasteiger partial charge in [0, 0.05) is 31.0 Å². The summed E-state index contributed by atoms with van der Waals surface area (Å²) in [7, 11) is 0. The number of aromatic amines is 1. The molecule has 1 aliphatic heterocycles. The van der Waals surface area contributed by atoms with Crippen LogP contribution in [0.3, 0.4) is 0 Å². The lowest BCUT2D eigenvalue weighted by molar-refractivity contribution is -0.135. The molecule has 3 aromatic rings. The summed E-state index contributed by atoms with van der Waals surface area (Å²) in [5, 5.41) is 2.95. The van der Waals surface area contributed by atoms with Gasteiger partial charge >= 0.3 is 0 Å². The molecule has 1 saturated heterocycles. The maximum absolute atomic E-state index is 12.8. The zero-order valence-electron chi connectivity index (χ0n) is 14.4. The summed E-state index contributed by atoms with van der Waals surface area (Å²) in [6.07, 6.45) is 5.50. The number of aromatic nitrogens is 3. The molecule has 0 bridgehead atoms. The van der Waals surface area contributed by atoms with E-state index in [1.165, 1.54) is 0 Å². The molecule has 4 rings (SSSR count). The second kappa shape index (κ2) is 7.37. The third kappa shape index (κ3) is 3.39. The van der Waals surface area contributed by atoms with E-state index in [-0.39, 0.29) is 23.9 Å². The lowest BCUT2D eigenvalue weighted by atomic mass is 10.0.